The van der Waals surface area contributed by atoms with Crippen LogP contribution in [0.25, 0.3) is 0 Å². The van der Waals surface area contributed by atoms with Gasteiger partial charge in [0.1, 0.15) is 17.1 Å². The Kier molecular flexibility index (Phi) is 5.08. The Labute approximate surface area is 160 Å². The van der Waals surface area contributed by atoms with Crippen LogP contribution < -0.4 is 9.47 Å². The van der Waals surface area contributed by atoms with Gasteiger partial charge in [0.05, 0.1) is 33.0 Å². The predicted molar refractivity (Wildman–Crippen MR) is 103 cm³/mol. The van der Waals surface area contributed by atoms with Crippen molar-refractivity contribution in [2.45, 2.75) is 37.1 Å². The van der Waals surface area contributed by atoms with Crippen LogP contribution >= 0.6 is 0 Å². The lowest BCUT2D eigenvalue weighted by Gasteiger charge is -2.52. The molecule has 0 amide bonds. The second-order valence-electron chi connectivity index (χ2n) is 7.48. The second kappa shape index (κ2) is 7.50. The smallest absolute Gasteiger partial charge is 0.128 e. The standard InChI is InChI=1S/C22H27NO4/c1-25-19-9-6-10-20(26-2)21(19)22(24)11-17-14-27-15-18(12-22)23(17)13-16-7-4-3-5-8-16/h3-10,17-18,24H,11-15H2,1-2H3. The van der Waals surface area contributed by atoms with E-state index in [0.717, 1.165) is 12.1 Å². The Balaban J connectivity index is 1.65. The van der Waals surface area contributed by atoms with Gasteiger partial charge in [-0.3, -0.25) is 4.90 Å². The molecule has 0 aliphatic carbocycles. The maximum atomic E-state index is 11.7. The van der Waals surface area contributed by atoms with E-state index >= 15 is 0 Å². The van der Waals surface area contributed by atoms with E-state index in [4.69, 9.17) is 14.2 Å². The van der Waals surface area contributed by atoms with Crippen LogP contribution in [0.1, 0.15) is 24.0 Å². The molecule has 2 aliphatic rings. The molecular weight excluding hydrogens is 342 g/mol. The van der Waals surface area contributed by atoms with Gasteiger partial charge in [-0.25, -0.2) is 0 Å². The van der Waals surface area contributed by atoms with Gasteiger partial charge in [0.25, 0.3) is 0 Å². The number of nitrogens with zero attached hydrogens (tertiary/aromatic N) is 1. The summed E-state index contributed by atoms with van der Waals surface area (Å²) in [6.07, 6.45) is 1.18. The van der Waals surface area contributed by atoms with Crippen molar-refractivity contribution in [3.05, 3.63) is 59.7 Å². The molecule has 2 aromatic carbocycles. The first-order valence-corrected chi connectivity index (χ1v) is 9.46. The average molecular weight is 369 g/mol. The minimum atomic E-state index is -0.996. The largest absolute Gasteiger partial charge is 0.496 e. The highest BCUT2D eigenvalue weighted by atomic mass is 16.5. The van der Waals surface area contributed by atoms with Gasteiger partial charge in [-0.05, 0) is 30.5 Å². The summed E-state index contributed by atoms with van der Waals surface area (Å²) < 4.78 is 17.0. The summed E-state index contributed by atoms with van der Waals surface area (Å²) in [5, 5.41) is 11.7. The molecule has 2 heterocycles. The van der Waals surface area contributed by atoms with Crippen molar-refractivity contribution in [2.24, 2.45) is 0 Å². The predicted octanol–water partition coefficient (Wildman–Crippen LogP) is 2.95. The summed E-state index contributed by atoms with van der Waals surface area (Å²) in [6.45, 7) is 2.13. The number of ether oxygens (including phenoxy) is 3. The number of hydrogen-bond donors (Lipinski definition) is 1. The summed E-state index contributed by atoms with van der Waals surface area (Å²) in [6, 6.07) is 16.5. The monoisotopic (exact) mass is 369 g/mol. The molecule has 0 saturated carbocycles. The van der Waals surface area contributed by atoms with Crippen LogP contribution in [0.15, 0.2) is 48.5 Å². The van der Waals surface area contributed by atoms with Crippen molar-refractivity contribution in [2.75, 3.05) is 27.4 Å². The molecule has 2 bridgehead atoms. The lowest BCUT2D eigenvalue weighted by atomic mass is 9.76. The van der Waals surface area contributed by atoms with Gasteiger partial charge in [-0.1, -0.05) is 36.4 Å². The molecule has 144 valence electrons. The highest BCUT2D eigenvalue weighted by molar-refractivity contribution is 5.49. The molecule has 2 fully saturated rings. The normalized spacial score (nSPS) is 28.0. The molecular formula is C22H27NO4. The van der Waals surface area contributed by atoms with Crippen molar-refractivity contribution >= 4 is 0 Å². The van der Waals surface area contributed by atoms with Crippen molar-refractivity contribution in [3.8, 4) is 11.5 Å². The molecule has 1 N–H and O–H groups in total. The van der Waals surface area contributed by atoms with E-state index in [0.29, 0.717) is 37.6 Å². The topological polar surface area (TPSA) is 51.2 Å². The number of methoxy groups -OCH3 is 2. The number of rotatable bonds is 5. The third-order valence-electron chi connectivity index (χ3n) is 5.81. The van der Waals surface area contributed by atoms with Gasteiger partial charge < -0.3 is 19.3 Å². The Bertz CT molecular complexity index is 743. The van der Waals surface area contributed by atoms with Gasteiger partial charge in [0, 0.05) is 18.6 Å². The zero-order valence-electron chi connectivity index (χ0n) is 15.9. The summed E-state index contributed by atoms with van der Waals surface area (Å²) in [4.78, 5) is 2.48. The molecule has 27 heavy (non-hydrogen) atoms. The Morgan fingerprint density at radius 1 is 0.963 bits per heavy atom. The van der Waals surface area contributed by atoms with Crippen LogP contribution in [0.2, 0.25) is 0 Å². The Morgan fingerprint density at radius 2 is 1.56 bits per heavy atom. The summed E-state index contributed by atoms with van der Waals surface area (Å²) >= 11 is 0. The first kappa shape index (κ1) is 18.3. The number of aliphatic hydroxyl groups is 1. The molecule has 2 unspecified atom stereocenters. The van der Waals surface area contributed by atoms with Crippen molar-refractivity contribution < 1.29 is 19.3 Å². The van der Waals surface area contributed by atoms with E-state index in [1.165, 1.54) is 5.56 Å². The van der Waals surface area contributed by atoms with Crippen molar-refractivity contribution in [1.82, 2.24) is 4.90 Å². The van der Waals surface area contributed by atoms with E-state index in [2.05, 4.69) is 29.2 Å². The van der Waals surface area contributed by atoms with Crippen molar-refractivity contribution in [3.63, 3.8) is 0 Å². The fourth-order valence-corrected chi connectivity index (χ4v) is 4.61. The fraction of sp³-hybridized carbons (Fsp3) is 0.455. The maximum Gasteiger partial charge on any atom is 0.128 e. The number of benzene rings is 2. The minimum absolute atomic E-state index is 0.150. The van der Waals surface area contributed by atoms with E-state index in [1.807, 2.05) is 24.3 Å². The highest BCUT2D eigenvalue weighted by Crippen LogP contribution is 2.47. The van der Waals surface area contributed by atoms with Crippen molar-refractivity contribution in [1.29, 1.82) is 0 Å². The maximum absolute atomic E-state index is 11.7. The van der Waals surface area contributed by atoms with Crippen LogP contribution in [0.5, 0.6) is 11.5 Å². The van der Waals surface area contributed by atoms with Gasteiger partial charge in [-0.2, -0.15) is 0 Å². The fourth-order valence-electron chi connectivity index (χ4n) is 4.61. The Morgan fingerprint density at radius 3 is 2.11 bits per heavy atom. The zero-order chi connectivity index (χ0) is 18.9. The average Bonchev–Trinajstić information content (AvgIpc) is 2.69. The molecule has 5 heteroatoms. The quantitative estimate of drug-likeness (QED) is 0.878. The van der Waals surface area contributed by atoms with Gasteiger partial charge >= 0.3 is 0 Å². The molecule has 0 aromatic heterocycles. The van der Waals surface area contributed by atoms with Gasteiger partial charge in [0.15, 0.2) is 0 Å². The lowest BCUT2D eigenvalue weighted by Crippen LogP contribution is -2.60. The van der Waals surface area contributed by atoms with Crippen LogP contribution in [0.3, 0.4) is 0 Å². The number of piperidine rings is 1. The molecule has 2 saturated heterocycles. The third-order valence-corrected chi connectivity index (χ3v) is 5.81. The van der Waals surface area contributed by atoms with Gasteiger partial charge in [0.2, 0.25) is 0 Å². The zero-order valence-corrected chi connectivity index (χ0v) is 15.9. The van der Waals surface area contributed by atoms with E-state index in [9.17, 15) is 5.11 Å². The molecule has 0 radical (unpaired) electrons. The second-order valence-corrected chi connectivity index (χ2v) is 7.48. The number of hydrogen-bond acceptors (Lipinski definition) is 5. The first-order valence-electron chi connectivity index (χ1n) is 9.46. The first-order chi connectivity index (χ1) is 13.1. The van der Waals surface area contributed by atoms with E-state index in [-0.39, 0.29) is 12.1 Å². The molecule has 2 atom stereocenters. The molecule has 0 spiro atoms. The van der Waals surface area contributed by atoms with Crippen LogP contribution in [-0.2, 0) is 16.9 Å². The van der Waals surface area contributed by atoms with Crippen LogP contribution in [-0.4, -0.2) is 49.5 Å². The minimum Gasteiger partial charge on any atom is -0.496 e. The lowest BCUT2D eigenvalue weighted by molar-refractivity contribution is -0.150. The van der Waals surface area contributed by atoms with Crippen LogP contribution in [0, 0.1) is 0 Å². The molecule has 5 nitrogen and oxygen atoms in total. The molecule has 4 rings (SSSR count). The SMILES string of the molecule is COc1cccc(OC)c1C1(O)CC2COCC(C1)N2Cc1ccccc1. The highest BCUT2D eigenvalue weighted by Gasteiger charge is 2.49. The molecule has 2 aromatic rings. The number of morpholine rings is 1. The Hall–Kier alpha value is -2.08. The van der Waals surface area contributed by atoms with Gasteiger partial charge in [-0.15, -0.1) is 0 Å². The van der Waals surface area contributed by atoms with E-state index in [1.54, 1.807) is 14.2 Å². The van der Waals surface area contributed by atoms with E-state index < -0.39 is 5.60 Å². The summed E-state index contributed by atoms with van der Waals surface area (Å²) in [5.41, 5.74) is 1.05. The number of fused-ring (bicyclic) bond motifs is 2. The summed E-state index contributed by atoms with van der Waals surface area (Å²) in [7, 11) is 3.27. The van der Waals surface area contributed by atoms with Crippen LogP contribution in [0.4, 0.5) is 0 Å². The third kappa shape index (κ3) is 3.43. The summed E-state index contributed by atoms with van der Waals surface area (Å²) in [5.74, 6) is 1.35. The molecule has 2 aliphatic heterocycles.